The van der Waals surface area contributed by atoms with Crippen molar-refractivity contribution in [3.05, 3.63) is 0 Å². The highest BCUT2D eigenvalue weighted by atomic mass is 15.1. The summed E-state index contributed by atoms with van der Waals surface area (Å²) < 4.78 is 0. The topological polar surface area (TPSA) is 29.3 Å². The van der Waals surface area contributed by atoms with Crippen LogP contribution in [-0.2, 0) is 0 Å². The summed E-state index contributed by atoms with van der Waals surface area (Å²) in [6.07, 6.45) is 4.69. The maximum Gasteiger partial charge on any atom is 0.0101 e. The smallest absolute Gasteiger partial charge is 0.0101 e. The van der Waals surface area contributed by atoms with Gasteiger partial charge >= 0.3 is 0 Å². The Labute approximate surface area is 77.1 Å². The molecular weight excluding hydrogens is 148 g/mol. The van der Waals surface area contributed by atoms with E-state index in [0.717, 1.165) is 12.8 Å². The first-order valence-corrected chi connectivity index (χ1v) is 5.03. The van der Waals surface area contributed by atoms with Gasteiger partial charge in [-0.15, -0.1) is 0 Å². The van der Waals surface area contributed by atoms with Gasteiger partial charge in [0.25, 0.3) is 0 Å². The van der Waals surface area contributed by atoms with E-state index in [4.69, 9.17) is 5.73 Å². The third kappa shape index (κ3) is 4.73. The number of nitrogens with zero attached hydrogens (tertiary/aromatic N) is 1. The molecule has 0 rings (SSSR count). The van der Waals surface area contributed by atoms with Crippen LogP contribution >= 0.6 is 0 Å². The van der Waals surface area contributed by atoms with Crippen molar-refractivity contribution in [3.63, 3.8) is 0 Å². The van der Waals surface area contributed by atoms with E-state index in [1.54, 1.807) is 0 Å². The van der Waals surface area contributed by atoms with E-state index < -0.39 is 0 Å². The van der Waals surface area contributed by atoms with Gasteiger partial charge in [-0.05, 0) is 33.4 Å². The molecule has 0 fully saturated rings. The van der Waals surface area contributed by atoms with Crippen molar-refractivity contribution in [1.82, 2.24) is 4.90 Å². The molecule has 0 spiro atoms. The fourth-order valence-corrected chi connectivity index (χ4v) is 1.58. The summed E-state index contributed by atoms with van der Waals surface area (Å²) in [4.78, 5) is 2.27. The summed E-state index contributed by atoms with van der Waals surface area (Å²) >= 11 is 0. The molecule has 0 unspecified atom stereocenters. The number of nitrogens with two attached hydrogens (primary N) is 1. The van der Waals surface area contributed by atoms with Crippen LogP contribution in [0, 0.1) is 0 Å². The predicted molar refractivity (Wildman–Crippen MR) is 55.3 cm³/mol. The van der Waals surface area contributed by atoms with Gasteiger partial charge in [0.1, 0.15) is 0 Å². The van der Waals surface area contributed by atoms with Crippen molar-refractivity contribution >= 4 is 0 Å². The highest BCUT2D eigenvalue weighted by molar-refractivity contribution is 4.71. The molecule has 0 saturated carbocycles. The summed E-state index contributed by atoms with van der Waals surface area (Å²) in [6.45, 7) is 4.42. The zero-order valence-corrected chi connectivity index (χ0v) is 9.01. The molecule has 2 nitrogen and oxygen atoms in total. The molecule has 0 aliphatic heterocycles. The lowest BCUT2D eigenvalue weighted by atomic mass is 10.0. The van der Waals surface area contributed by atoms with Crippen LogP contribution in [-0.4, -0.2) is 31.1 Å². The van der Waals surface area contributed by atoms with E-state index in [0.29, 0.717) is 12.1 Å². The van der Waals surface area contributed by atoms with Crippen molar-refractivity contribution < 1.29 is 0 Å². The van der Waals surface area contributed by atoms with Crippen LogP contribution < -0.4 is 5.73 Å². The van der Waals surface area contributed by atoms with E-state index in [1.165, 1.54) is 12.8 Å². The average molecular weight is 172 g/mol. The minimum absolute atomic E-state index is 0.391. The zero-order chi connectivity index (χ0) is 9.56. The van der Waals surface area contributed by atoms with Gasteiger partial charge in [0.05, 0.1) is 0 Å². The summed E-state index contributed by atoms with van der Waals surface area (Å²) in [6, 6.07) is 1.05. The average Bonchev–Trinajstić information content (AvgIpc) is 2.00. The van der Waals surface area contributed by atoms with Crippen molar-refractivity contribution in [2.75, 3.05) is 14.1 Å². The summed E-state index contributed by atoms with van der Waals surface area (Å²) in [5.41, 5.74) is 5.97. The number of hydrogen-bond donors (Lipinski definition) is 1. The van der Waals surface area contributed by atoms with Gasteiger partial charge in [0, 0.05) is 12.1 Å². The number of hydrogen-bond acceptors (Lipinski definition) is 2. The highest BCUT2D eigenvalue weighted by Gasteiger charge is 2.12. The van der Waals surface area contributed by atoms with Gasteiger partial charge in [0.15, 0.2) is 0 Å². The Morgan fingerprint density at radius 3 is 2.17 bits per heavy atom. The van der Waals surface area contributed by atoms with Crippen LogP contribution in [0.5, 0.6) is 0 Å². The molecule has 0 aliphatic rings. The van der Waals surface area contributed by atoms with E-state index in [2.05, 4.69) is 32.8 Å². The van der Waals surface area contributed by atoms with E-state index in [-0.39, 0.29) is 0 Å². The quantitative estimate of drug-likeness (QED) is 0.662. The minimum Gasteiger partial charge on any atom is -0.328 e. The van der Waals surface area contributed by atoms with Crippen LogP contribution in [0.3, 0.4) is 0 Å². The lowest BCUT2D eigenvalue weighted by Gasteiger charge is -2.25. The predicted octanol–water partition coefficient (Wildman–Crippen LogP) is 1.84. The molecule has 74 valence electrons. The second-order valence-corrected chi connectivity index (χ2v) is 3.81. The monoisotopic (exact) mass is 172 g/mol. The first-order valence-electron chi connectivity index (χ1n) is 5.03. The molecule has 2 atom stereocenters. The summed E-state index contributed by atoms with van der Waals surface area (Å²) in [5.74, 6) is 0. The SMILES string of the molecule is CCC[C@@H](N)C[C@@H](CC)N(C)C. The Balaban J connectivity index is 3.69. The molecule has 0 heterocycles. The molecule has 12 heavy (non-hydrogen) atoms. The van der Waals surface area contributed by atoms with Crippen LogP contribution in [0.25, 0.3) is 0 Å². The van der Waals surface area contributed by atoms with Crippen LogP contribution in [0.15, 0.2) is 0 Å². The summed E-state index contributed by atoms with van der Waals surface area (Å²) in [5, 5.41) is 0. The molecule has 0 bridgehead atoms. The molecule has 0 saturated heterocycles. The molecule has 0 aliphatic carbocycles. The van der Waals surface area contributed by atoms with Crippen LogP contribution in [0.1, 0.15) is 39.5 Å². The maximum atomic E-state index is 5.97. The van der Waals surface area contributed by atoms with Crippen molar-refractivity contribution in [3.8, 4) is 0 Å². The third-order valence-electron chi connectivity index (χ3n) is 2.44. The highest BCUT2D eigenvalue weighted by Crippen LogP contribution is 2.09. The summed E-state index contributed by atoms with van der Waals surface area (Å²) in [7, 11) is 4.26. The lowest BCUT2D eigenvalue weighted by Crippen LogP contribution is -2.34. The molecular formula is C10H24N2. The Hall–Kier alpha value is -0.0800. The van der Waals surface area contributed by atoms with Gasteiger partial charge in [-0.3, -0.25) is 0 Å². The Kier molecular flexibility index (Phi) is 6.39. The van der Waals surface area contributed by atoms with Crippen molar-refractivity contribution in [2.45, 2.75) is 51.6 Å². The maximum absolute atomic E-state index is 5.97. The normalized spacial score (nSPS) is 16.5. The fraction of sp³-hybridized carbons (Fsp3) is 1.00. The minimum atomic E-state index is 0.391. The standard InChI is InChI=1S/C10H24N2/c1-5-7-9(11)8-10(6-2)12(3)4/h9-10H,5-8,11H2,1-4H3/t9-,10-/m1/s1. The molecule has 2 heteroatoms. The zero-order valence-electron chi connectivity index (χ0n) is 9.01. The second-order valence-electron chi connectivity index (χ2n) is 3.81. The number of rotatable bonds is 6. The van der Waals surface area contributed by atoms with Crippen molar-refractivity contribution in [1.29, 1.82) is 0 Å². The largest absolute Gasteiger partial charge is 0.328 e. The Morgan fingerprint density at radius 2 is 1.83 bits per heavy atom. The first kappa shape index (κ1) is 11.9. The van der Waals surface area contributed by atoms with Crippen LogP contribution in [0.4, 0.5) is 0 Å². The lowest BCUT2D eigenvalue weighted by molar-refractivity contribution is 0.254. The third-order valence-corrected chi connectivity index (χ3v) is 2.44. The van der Waals surface area contributed by atoms with Gasteiger partial charge in [0.2, 0.25) is 0 Å². The molecule has 0 radical (unpaired) electrons. The van der Waals surface area contributed by atoms with Gasteiger partial charge in [-0.25, -0.2) is 0 Å². The van der Waals surface area contributed by atoms with Gasteiger partial charge < -0.3 is 10.6 Å². The second kappa shape index (κ2) is 6.44. The Morgan fingerprint density at radius 1 is 1.25 bits per heavy atom. The van der Waals surface area contributed by atoms with Crippen molar-refractivity contribution in [2.24, 2.45) is 5.73 Å². The molecule has 0 aromatic rings. The van der Waals surface area contributed by atoms with Crippen LogP contribution in [0.2, 0.25) is 0 Å². The molecule has 0 aromatic carbocycles. The fourth-order valence-electron chi connectivity index (χ4n) is 1.58. The Bertz CT molecular complexity index is 102. The molecule has 0 aromatic heterocycles. The van der Waals surface area contributed by atoms with E-state index in [9.17, 15) is 0 Å². The van der Waals surface area contributed by atoms with E-state index in [1.807, 2.05) is 0 Å². The molecule has 2 N–H and O–H groups in total. The van der Waals surface area contributed by atoms with Gasteiger partial charge in [-0.1, -0.05) is 20.3 Å². The van der Waals surface area contributed by atoms with E-state index >= 15 is 0 Å². The van der Waals surface area contributed by atoms with Gasteiger partial charge in [-0.2, -0.15) is 0 Å². The molecule has 0 amide bonds. The first-order chi connectivity index (χ1) is 5.61.